The number of nitrogens with two attached hydrogens (primary N) is 2. The Morgan fingerprint density at radius 2 is 1.08 bits per heavy atom. The Kier molecular flexibility index (Phi) is 14.8. The highest BCUT2D eigenvalue weighted by atomic mass is 16.5. The second kappa shape index (κ2) is 17.8. The Morgan fingerprint density at radius 3 is 1.58 bits per heavy atom. The van der Waals surface area contributed by atoms with Gasteiger partial charge < -0.3 is 36.1 Å². The van der Waals surface area contributed by atoms with E-state index in [-0.39, 0.29) is 21.3 Å². The maximum Gasteiger partial charge on any atom is 0.361 e. The average Bonchev–Trinajstić information content (AvgIpc) is 2.92. The molecule has 204 valence electrons. The Morgan fingerprint density at radius 1 is 0.632 bits per heavy atom. The van der Waals surface area contributed by atoms with E-state index in [1.54, 1.807) is 0 Å². The molecule has 0 saturated heterocycles. The van der Waals surface area contributed by atoms with Crippen molar-refractivity contribution in [1.29, 1.82) is 0 Å². The van der Waals surface area contributed by atoms with E-state index in [1.807, 2.05) is 36.4 Å². The van der Waals surface area contributed by atoms with Crippen molar-refractivity contribution < 1.29 is 14.0 Å². The molecule has 0 heterocycles. The number of nitrogens with one attached hydrogen (secondary N) is 2. The Balaban J connectivity index is 0.00000507. The van der Waals surface area contributed by atoms with Crippen molar-refractivity contribution in [2.45, 2.75) is 21.2 Å². The van der Waals surface area contributed by atoms with Crippen molar-refractivity contribution in [3.8, 4) is 11.5 Å². The zero-order valence-corrected chi connectivity index (χ0v) is 22.1. The van der Waals surface area contributed by atoms with Crippen LogP contribution in [0.4, 0.5) is 0 Å². The van der Waals surface area contributed by atoms with E-state index in [1.165, 1.54) is 5.56 Å². The van der Waals surface area contributed by atoms with Gasteiger partial charge in [-0.15, -0.1) is 0 Å². The van der Waals surface area contributed by atoms with Gasteiger partial charge in [-0.2, -0.15) is 0 Å². The third-order valence-corrected chi connectivity index (χ3v) is 6.00. The van der Waals surface area contributed by atoms with Crippen molar-refractivity contribution in [3.63, 3.8) is 0 Å². The molecule has 0 aliphatic heterocycles. The van der Waals surface area contributed by atoms with Gasteiger partial charge in [-0.3, -0.25) is 0 Å². The normalized spacial score (nSPS) is 10.6. The first-order chi connectivity index (χ1) is 18.1. The third kappa shape index (κ3) is 10.6. The van der Waals surface area contributed by atoms with Crippen LogP contribution < -0.4 is 43.2 Å². The second-order valence-corrected chi connectivity index (χ2v) is 8.99. The summed E-state index contributed by atoms with van der Waals surface area (Å²) in [7, 11) is 0. The summed E-state index contributed by atoms with van der Waals surface area (Å²) in [6.07, 6.45) is 0. The summed E-state index contributed by atoms with van der Waals surface area (Å²) in [5.74, 6) is 1.56. The van der Waals surface area contributed by atoms with Gasteiger partial charge in [-0.1, -0.05) is 68.3 Å². The average molecular weight is 518 g/mol. The van der Waals surface area contributed by atoms with E-state index in [0.717, 1.165) is 54.1 Å². The van der Waals surface area contributed by atoms with Crippen LogP contribution in [0.25, 0.3) is 0 Å². The molecule has 0 aromatic heterocycles. The molecule has 0 atom stereocenters. The van der Waals surface area contributed by atoms with Gasteiger partial charge in [-0.25, -0.2) is 0 Å². The minimum atomic E-state index is -0.152. The van der Waals surface area contributed by atoms with E-state index < -0.39 is 0 Å². The van der Waals surface area contributed by atoms with E-state index in [0.29, 0.717) is 26.3 Å². The molecule has 0 amide bonds. The van der Waals surface area contributed by atoms with Gasteiger partial charge in [0.1, 0.15) is 11.5 Å². The molecular formula is C29H44B2N4O3. The fraction of sp³-hybridized carbons (Fsp3) is 0.379. The Labute approximate surface area is 229 Å². The lowest BCUT2D eigenvalue weighted by Crippen LogP contribution is -2.46. The summed E-state index contributed by atoms with van der Waals surface area (Å²) in [4.78, 5) is 0. The highest BCUT2D eigenvalue weighted by Gasteiger charge is 2.21. The summed E-state index contributed by atoms with van der Waals surface area (Å²) in [6.45, 7) is 9.62. The van der Waals surface area contributed by atoms with E-state index in [2.05, 4.69) is 60.8 Å². The highest BCUT2D eigenvalue weighted by molar-refractivity contribution is 6.80. The van der Waals surface area contributed by atoms with E-state index in [9.17, 15) is 0 Å². The molecule has 0 aliphatic rings. The number of rotatable bonds is 17. The zero-order chi connectivity index (χ0) is 26.3. The van der Waals surface area contributed by atoms with E-state index >= 15 is 0 Å². The van der Waals surface area contributed by atoms with Crippen LogP contribution in [0.3, 0.4) is 0 Å². The first kappa shape index (κ1) is 31.6. The monoisotopic (exact) mass is 518 g/mol. The van der Waals surface area contributed by atoms with Gasteiger partial charge in [0.2, 0.25) is 0 Å². The number of ether oxygens (including phenoxy) is 1. The van der Waals surface area contributed by atoms with Crippen LogP contribution in [0.2, 0.25) is 6.82 Å². The Hall–Kier alpha value is -2.65. The maximum atomic E-state index is 6.28. The van der Waals surface area contributed by atoms with Crippen LogP contribution in [0, 0.1) is 6.92 Å². The zero-order valence-electron chi connectivity index (χ0n) is 22.1. The molecule has 0 saturated carbocycles. The Bertz CT molecular complexity index is 1020. The van der Waals surface area contributed by atoms with Gasteiger partial charge in [0.25, 0.3) is 0 Å². The molecule has 9 heteroatoms. The molecule has 0 bridgehead atoms. The van der Waals surface area contributed by atoms with Gasteiger partial charge in [0.15, 0.2) is 0 Å². The fourth-order valence-corrected chi connectivity index (χ4v) is 3.89. The van der Waals surface area contributed by atoms with E-state index in [4.69, 9.17) is 25.5 Å². The second-order valence-electron chi connectivity index (χ2n) is 8.99. The minimum Gasteiger partial charge on any atom is -0.457 e. The molecule has 0 unspecified atom stereocenters. The summed E-state index contributed by atoms with van der Waals surface area (Å²) < 4.78 is 18.3. The SMILES string of the molecule is C.CB(OCCNCCN)c1ccc(Oc2ccc(B(OCCNCCN)c3ccc(C)cc3)cc2)cc1. The number of aryl methyl sites for hydroxylation is 1. The molecule has 0 fully saturated rings. The molecular weight excluding hydrogens is 474 g/mol. The topological polar surface area (TPSA) is 104 Å². The van der Waals surface area contributed by atoms with Crippen LogP contribution in [0.5, 0.6) is 11.5 Å². The van der Waals surface area contributed by atoms with Crippen LogP contribution in [0.15, 0.2) is 72.8 Å². The van der Waals surface area contributed by atoms with Crippen LogP contribution in [0.1, 0.15) is 13.0 Å². The molecule has 38 heavy (non-hydrogen) atoms. The lowest BCUT2D eigenvalue weighted by molar-refractivity contribution is 0.326. The number of benzene rings is 3. The van der Waals surface area contributed by atoms with Crippen LogP contribution in [-0.2, 0) is 9.31 Å². The molecule has 7 nitrogen and oxygen atoms in total. The smallest absolute Gasteiger partial charge is 0.361 e. The number of hydrogen-bond acceptors (Lipinski definition) is 7. The summed E-state index contributed by atoms with van der Waals surface area (Å²) in [6, 6.07) is 24.6. The summed E-state index contributed by atoms with van der Waals surface area (Å²) >= 11 is 0. The molecule has 0 radical (unpaired) electrons. The van der Waals surface area contributed by atoms with Crippen molar-refractivity contribution in [2.24, 2.45) is 11.5 Å². The van der Waals surface area contributed by atoms with Crippen molar-refractivity contribution in [2.75, 3.05) is 52.5 Å². The third-order valence-electron chi connectivity index (χ3n) is 6.00. The fourth-order valence-electron chi connectivity index (χ4n) is 3.89. The number of hydrogen-bond donors (Lipinski definition) is 4. The van der Waals surface area contributed by atoms with Gasteiger partial charge in [0.05, 0.1) is 0 Å². The van der Waals surface area contributed by atoms with Gasteiger partial charge in [-0.05, 0) is 47.6 Å². The lowest BCUT2D eigenvalue weighted by Gasteiger charge is -2.17. The van der Waals surface area contributed by atoms with Crippen LogP contribution >= 0.6 is 0 Å². The molecule has 3 aromatic carbocycles. The summed E-state index contributed by atoms with van der Waals surface area (Å²) in [5, 5.41) is 6.51. The maximum absolute atomic E-state index is 6.28. The quantitative estimate of drug-likeness (QED) is 0.159. The summed E-state index contributed by atoms with van der Waals surface area (Å²) in [5.41, 5.74) is 15.6. The van der Waals surface area contributed by atoms with Crippen molar-refractivity contribution in [3.05, 3.63) is 78.4 Å². The van der Waals surface area contributed by atoms with Crippen molar-refractivity contribution >= 4 is 30.2 Å². The van der Waals surface area contributed by atoms with Crippen molar-refractivity contribution in [1.82, 2.24) is 10.6 Å². The molecule has 0 spiro atoms. The predicted molar refractivity (Wildman–Crippen MR) is 163 cm³/mol. The van der Waals surface area contributed by atoms with Crippen LogP contribution in [-0.4, -0.2) is 66.3 Å². The first-order valence-electron chi connectivity index (χ1n) is 13.1. The molecule has 0 aliphatic carbocycles. The predicted octanol–water partition coefficient (Wildman–Crippen LogP) is 1.49. The highest BCUT2D eigenvalue weighted by Crippen LogP contribution is 2.19. The molecule has 3 aromatic rings. The van der Waals surface area contributed by atoms with Gasteiger partial charge in [0, 0.05) is 52.5 Å². The largest absolute Gasteiger partial charge is 0.457 e. The first-order valence-corrected chi connectivity index (χ1v) is 13.1. The minimum absolute atomic E-state index is 0. The standard InChI is InChI=1S/C28H40B2N4O3.CH4/c1-23-3-5-25(6-4-23)30(36-22-20-34-18-16-32)26-9-13-28(14-10-26)37-27-11-7-24(8-12-27)29(2)35-21-19-33-17-15-31;/h3-14,33-34H,15-22,31-32H2,1-2H3;1H4. The molecule has 3 rings (SSSR count). The lowest BCUT2D eigenvalue weighted by atomic mass is 9.55. The van der Waals surface area contributed by atoms with Gasteiger partial charge >= 0.3 is 13.8 Å². The molecule has 6 N–H and O–H groups in total.